The number of nitriles is 1. The second-order valence-electron chi connectivity index (χ2n) is 5.82. The summed E-state index contributed by atoms with van der Waals surface area (Å²) in [6.07, 6.45) is 3.01. The van der Waals surface area contributed by atoms with Crippen molar-refractivity contribution in [1.29, 1.82) is 5.26 Å². The number of likely N-dealkylation sites (tertiary alicyclic amines) is 1. The third-order valence-corrected chi connectivity index (χ3v) is 2.83. The van der Waals surface area contributed by atoms with Gasteiger partial charge in [0.25, 0.3) is 0 Å². The first-order chi connectivity index (χ1) is 9.87. The van der Waals surface area contributed by atoms with Crippen molar-refractivity contribution in [1.82, 2.24) is 14.9 Å². The van der Waals surface area contributed by atoms with Crippen LogP contribution in [0.3, 0.4) is 0 Å². The number of ether oxygens (including phenoxy) is 2. The average molecular weight is 290 g/mol. The molecule has 1 unspecified atom stereocenters. The molecule has 0 aliphatic carbocycles. The molecule has 1 aromatic rings. The highest BCUT2D eigenvalue weighted by Gasteiger charge is 2.31. The van der Waals surface area contributed by atoms with E-state index in [-0.39, 0.29) is 18.2 Å². The van der Waals surface area contributed by atoms with Gasteiger partial charge in [0.15, 0.2) is 0 Å². The Bertz CT molecular complexity index is 545. The van der Waals surface area contributed by atoms with Gasteiger partial charge < -0.3 is 14.4 Å². The molecule has 1 saturated heterocycles. The van der Waals surface area contributed by atoms with Crippen LogP contribution in [0.4, 0.5) is 4.79 Å². The minimum absolute atomic E-state index is 0.162. The average Bonchev–Trinajstić information content (AvgIpc) is 2.86. The van der Waals surface area contributed by atoms with E-state index in [4.69, 9.17) is 14.7 Å². The third-order valence-electron chi connectivity index (χ3n) is 2.83. The predicted molar refractivity (Wildman–Crippen MR) is 73.6 cm³/mol. The molecule has 7 heteroatoms. The smallest absolute Gasteiger partial charge is 0.410 e. The molecule has 0 saturated carbocycles. The first-order valence-electron chi connectivity index (χ1n) is 6.74. The maximum atomic E-state index is 11.9. The molecule has 1 aromatic heterocycles. The number of rotatable bonds is 2. The maximum absolute atomic E-state index is 11.9. The lowest BCUT2D eigenvalue weighted by molar-refractivity contribution is 0.0274. The Morgan fingerprint density at radius 2 is 2.10 bits per heavy atom. The van der Waals surface area contributed by atoms with E-state index in [1.807, 2.05) is 26.8 Å². The van der Waals surface area contributed by atoms with Crippen molar-refractivity contribution in [2.45, 2.75) is 38.9 Å². The summed E-state index contributed by atoms with van der Waals surface area (Å²) in [5.41, 5.74) is -0.129. The van der Waals surface area contributed by atoms with E-state index in [0.717, 1.165) is 0 Å². The highest BCUT2D eigenvalue weighted by Crippen LogP contribution is 2.18. The zero-order valence-corrected chi connectivity index (χ0v) is 12.4. The predicted octanol–water partition coefficient (Wildman–Crippen LogP) is 1.74. The van der Waals surface area contributed by atoms with Gasteiger partial charge >= 0.3 is 12.1 Å². The van der Waals surface area contributed by atoms with Gasteiger partial charge in [-0.25, -0.2) is 14.8 Å². The first-order valence-corrected chi connectivity index (χ1v) is 6.74. The molecule has 1 aliphatic rings. The Hall–Kier alpha value is -2.36. The summed E-state index contributed by atoms with van der Waals surface area (Å²) in [5, 5.41) is 8.67. The Morgan fingerprint density at radius 3 is 2.67 bits per heavy atom. The number of nitrogens with zero attached hydrogens (tertiary/aromatic N) is 4. The normalized spacial score (nSPS) is 18.2. The minimum atomic E-state index is -0.508. The van der Waals surface area contributed by atoms with E-state index in [2.05, 4.69) is 9.97 Å². The van der Waals surface area contributed by atoms with Crippen LogP contribution in [-0.4, -0.2) is 45.8 Å². The second kappa shape index (κ2) is 5.95. The number of carbonyl (C=O) groups is 1. The van der Waals surface area contributed by atoms with E-state index >= 15 is 0 Å². The zero-order chi connectivity index (χ0) is 15.5. The van der Waals surface area contributed by atoms with Crippen molar-refractivity contribution < 1.29 is 14.3 Å². The van der Waals surface area contributed by atoms with Crippen molar-refractivity contribution in [2.75, 3.05) is 13.1 Å². The van der Waals surface area contributed by atoms with Crippen LogP contribution in [0.2, 0.25) is 0 Å². The van der Waals surface area contributed by atoms with Crippen LogP contribution >= 0.6 is 0 Å². The summed E-state index contributed by atoms with van der Waals surface area (Å²) in [6.45, 7) is 6.52. The molecule has 7 nitrogen and oxygen atoms in total. The van der Waals surface area contributed by atoms with Gasteiger partial charge in [0.1, 0.15) is 17.8 Å². The number of hydrogen-bond acceptors (Lipinski definition) is 6. The molecule has 0 radical (unpaired) electrons. The van der Waals surface area contributed by atoms with Gasteiger partial charge in [-0.15, -0.1) is 0 Å². The zero-order valence-electron chi connectivity index (χ0n) is 12.4. The highest BCUT2D eigenvalue weighted by molar-refractivity contribution is 5.68. The summed E-state index contributed by atoms with van der Waals surface area (Å²) >= 11 is 0. The van der Waals surface area contributed by atoms with Crippen molar-refractivity contribution in [3.63, 3.8) is 0 Å². The monoisotopic (exact) mass is 290 g/mol. The Morgan fingerprint density at radius 1 is 1.43 bits per heavy atom. The van der Waals surface area contributed by atoms with Gasteiger partial charge in [0, 0.05) is 13.0 Å². The van der Waals surface area contributed by atoms with Gasteiger partial charge in [-0.1, -0.05) is 0 Å². The molecule has 2 rings (SSSR count). The van der Waals surface area contributed by atoms with Crippen LogP contribution in [0.1, 0.15) is 32.8 Å². The van der Waals surface area contributed by atoms with Crippen LogP contribution in [0, 0.1) is 11.3 Å². The molecule has 1 atom stereocenters. The molecule has 0 N–H and O–H groups in total. The SMILES string of the molecule is CC(C)(C)OC(=O)N1CCC(Oc2ncc(C#N)cn2)C1. The number of hydrogen-bond donors (Lipinski definition) is 0. The lowest BCUT2D eigenvalue weighted by atomic mass is 10.2. The first kappa shape index (κ1) is 15.0. The van der Waals surface area contributed by atoms with Gasteiger partial charge in [-0.05, 0) is 20.8 Å². The van der Waals surface area contributed by atoms with Gasteiger partial charge in [-0.3, -0.25) is 0 Å². The summed E-state index contributed by atoms with van der Waals surface area (Å²) < 4.78 is 10.9. The number of carbonyl (C=O) groups excluding carboxylic acids is 1. The van der Waals surface area contributed by atoms with E-state index in [9.17, 15) is 4.79 Å². The van der Waals surface area contributed by atoms with Crippen molar-refractivity contribution in [2.24, 2.45) is 0 Å². The van der Waals surface area contributed by atoms with E-state index in [0.29, 0.717) is 25.1 Å². The molecule has 21 heavy (non-hydrogen) atoms. The maximum Gasteiger partial charge on any atom is 0.410 e. The van der Waals surface area contributed by atoms with Crippen LogP contribution in [0.15, 0.2) is 12.4 Å². The van der Waals surface area contributed by atoms with Gasteiger partial charge in [0.05, 0.1) is 24.5 Å². The molecule has 0 aromatic carbocycles. The van der Waals surface area contributed by atoms with Crippen LogP contribution in [-0.2, 0) is 4.74 Å². The molecule has 1 fully saturated rings. The molecular formula is C14H18N4O3. The molecule has 112 valence electrons. The highest BCUT2D eigenvalue weighted by atomic mass is 16.6. The quantitative estimate of drug-likeness (QED) is 0.824. The fraction of sp³-hybridized carbons (Fsp3) is 0.571. The summed E-state index contributed by atoms with van der Waals surface area (Å²) in [5.74, 6) is 0. The van der Waals surface area contributed by atoms with Crippen molar-refractivity contribution >= 4 is 6.09 Å². The summed E-state index contributed by atoms with van der Waals surface area (Å²) in [6, 6.07) is 2.15. The summed E-state index contributed by atoms with van der Waals surface area (Å²) in [7, 11) is 0. The lowest BCUT2D eigenvalue weighted by Gasteiger charge is -2.24. The lowest BCUT2D eigenvalue weighted by Crippen LogP contribution is -2.36. The van der Waals surface area contributed by atoms with Crippen molar-refractivity contribution in [3.8, 4) is 12.1 Å². The molecule has 0 spiro atoms. The number of aromatic nitrogens is 2. The number of amides is 1. The topological polar surface area (TPSA) is 88.3 Å². The van der Waals surface area contributed by atoms with Crippen LogP contribution in [0.5, 0.6) is 6.01 Å². The third kappa shape index (κ3) is 4.31. The van der Waals surface area contributed by atoms with E-state index in [1.165, 1.54) is 12.4 Å². The Kier molecular flexibility index (Phi) is 4.26. The van der Waals surface area contributed by atoms with Gasteiger partial charge in [0.2, 0.25) is 0 Å². The fourth-order valence-corrected chi connectivity index (χ4v) is 1.90. The molecule has 2 heterocycles. The Balaban J connectivity index is 1.87. The van der Waals surface area contributed by atoms with Crippen LogP contribution < -0.4 is 4.74 Å². The van der Waals surface area contributed by atoms with E-state index < -0.39 is 5.60 Å². The molecule has 1 amide bonds. The largest absolute Gasteiger partial charge is 0.458 e. The Labute approximate surface area is 123 Å². The van der Waals surface area contributed by atoms with Crippen LogP contribution in [0.25, 0.3) is 0 Å². The van der Waals surface area contributed by atoms with Crippen molar-refractivity contribution in [3.05, 3.63) is 18.0 Å². The van der Waals surface area contributed by atoms with E-state index in [1.54, 1.807) is 4.90 Å². The minimum Gasteiger partial charge on any atom is -0.458 e. The standard InChI is InChI=1S/C14H18N4O3/c1-14(2,3)21-13(19)18-5-4-11(9-18)20-12-16-7-10(6-15)8-17-12/h7-8,11H,4-5,9H2,1-3H3. The molecule has 1 aliphatic heterocycles. The molecule has 0 bridgehead atoms. The summed E-state index contributed by atoms with van der Waals surface area (Å²) in [4.78, 5) is 21.4. The second-order valence-corrected chi connectivity index (χ2v) is 5.82. The fourth-order valence-electron chi connectivity index (χ4n) is 1.90. The van der Waals surface area contributed by atoms with Gasteiger partial charge in [-0.2, -0.15) is 5.26 Å². The molecular weight excluding hydrogens is 272 g/mol.